The Kier molecular flexibility index (Phi) is 2.77. The third kappa shape index (κ3) is 2.04. The van der Waals surface area contributed by atoms with E-state index in [9.17, 15) is 4.79 Å². The topological polar surface area (TPSA) is 30.0 Å². The molecule has 0 saturated heterocycles. The summed E-state index contributed by atoms with van der Waals surface area (Å²) < 4.78 is 0. The van der Waals surface area contributed by atoms with Crippen LogP contribution < -0.4 is 0 Å². The van der Waals surface area contributed by atoms with E-state index < -0.39 is 0 Å². The summed E-state index contributed by atoms with van der Waals surface area (Å²) in [6.07, 6.45) is 5.19. The average Bonchev–Trinajstić information content (AvgIpc) is 2.29. The van der Waals surface area contributed by atoms with E-state index in [1.807, 2.05) is 12.3 Å². The Balaban J connectivity index is 2.42. The van der Waals surface area contributed by atoms with E-state index in [1.165, 1.54) is 10.9 Å². The van der Waals surface area contributed by atoms with Crippen molar-refractivity contribution in [2.75, 3.05) is 0 Å². The van der Waals surface area contributed by atoms with Crippen LogP contribution in [0.4, 0.5) is 0 Å². The summed E-state index contributed by atoms with van der Waals surface area (Å²) in [7, 11) is 0. The largest absolute Gasteiger partial charge is 0.303 e. The molecule has 2 rings (SSSR count). The summed E-state index contributed by atoms with van der Waals surface area (Å²) in [4.78, 5) is 14.5. The van der Waals surface area contributed by atoms with Crippen LogP contribution in [0.25, 0.3) is 10.8 Å². The Labute approximate surface area is 89.0 Å². The first-order valence-corrected chi connectivity index (χ1v) is 5.08. The van der Waals surface area contributed by atoms with E-state index in [0.29, 0.717) is 6.42 Å². The lowest BCUT2D eigenvalue weighted by atomic mass is 9.96. The second kappa shape index (κ2) is 4.22. The summed E-state index contributed by atoms with van der Waals surface area (Å²) in [6.45, 7) is 2.06. The van der Waals surface area contributed by atoms with Crippen molar-refractivity contribution in [3.8, 4) is 0 Å². The number of carbonyl (C=O) groups is 1. The number of benzene rings is 1. The zero-order chi connectivity index (χ0) is 10.7. The minimum absolute atomic E-state index is 0.284. The van der Waals surface area contributed by atoms with Crippen molar-refractivity contribution in [2.45, 2.75) is 19.3 Å². The SMILES string of the molecule is CC(CC=O)c1ccc2ccncc2c1. The molecule has 2 nitrogen and oxygen atoms in total. The average molecular weight is 199 g/mol. The molecule has 2 aromatic rings. The van der Waals surface area contributed by atoms with Gasteiger partial charge in [-0.2, -0.15) is 0 Å². The van der Waals surface area contributed by atoms with Crippen LogP contribution in [0.15, 0.2) is 36.7 Å². The number of aldehydes is 1. The van der Waals surface area contributed by atoms with Gasteiger partial charge in [0.1, 0.15) is 6.29 Å². The van der Waals surface area contributed by atoms with Crippen LogP contribution in [0.2, 0.25) is 0 Å². The van der Waals surface area contributed by atoms with Gasteiger partial charge in [0, 0.05) is 24.2 Å². The highest BCUT2D eigenvalue weighted by Gasteiger charge is 2.05. The first-order valence-electron chi connectivity index (χ1n) is 5.08. The van der Waals surface area contributed by atoms with E-state index in [4.69, 9.17) is 0 Å². The van der Waals surface area contributed by atoms with Crippen molar-refractivity contribution in [2.24, 2.45) is 0 Å². The monoisotopic (exact) mass is 199 g/mol. The smallest absolute Gasteiger partial charge is 0.120 e. The van der Waals surface area contributed by atoms with Crippen LogP contribution >= 0.6 is 0 Å². The molecule has 1 heterocycles. The van der Waals surface area contributed by atoms with Gasteiger partial charge < -0.3 is 4.79 Å². The molecular weight excluding hydrogens is 186 g/mol. The number of hydrogen-bond donors (Lipinski definition) is 0. The van der Waals surface area contributed by atoms with Gasteiger partial charge in [-0.3, -0.25) is 4.98 Å². The Morgan fingerprint density at radius 2 is 2.20 bits per heavy atom. The Morgan fingerprint density at radius 3 is 3.00 bits per heavy atom. The number of carbonyl (C=O) groups excluding carboxylic acids is 1. The maximum Gasteiger partial charge on any atom is 0.120 e. The van der Waals surface area contributed by atoms with Gasteiger partial charge in [0.2, 0.25) is 0 Å². The minimum Gasteiger partial charge on any atom is -0.303 e. The lowest BCUT2D eigenvalue weighted by Crippen LogP contribution is -1.94. The second-order valence-corrected chi connectivity index (χ2v) is 3.79. The van der Waals surface area contributed by atoms with Crippen molar-refractivity contribution < 1.29 is 4.79 Å². The maximum atomic E-state index is 10.4. The first-order chi connectivity index (χ1) is 7.31. The molecule has 0 aliphatic carbocycles. The van der Waals surface area contributed by atoms with Gasteiger partial charge in [0.05, 0.1) is 0 Å². The predicted octanol–water partition coefficient (Wildman–Crippen LogP) is 2.93. The van der Waals surface area contributed by atoms with Crippen LogP contribution in [-0.4, -0.2) is 11.3 Å². The molecule has 0 saturated carbocycles. The number of rotatable bonds is 3. The molecule has 1 aromatic heterocycles. The summed E-state index contributed by atoms with van der Waals surface area (Å²) in [6, 6.07) is 8.25. The molecule has 15 heavy (non-hydrogen) atoms. The number of aromatic nitrogens is 1. The molecule has 0 bridgehead atoms. The van der Waals surface area contributed by atoms with E-state index in [1.54, 1.807) is 6.20 Å². The molecule has 1 aromatic carbocycles. The molecule has 1 atom stereocenters. The fourth-order valence-corrected chi connectivity index (χ4v) is 1.69. The van der Waals surface area contributed by atoms with Crippen molar-refractivity contribution >= 4 is 17.1 Å². The number of fused-ring (bicyclic) bond motifs is 1. The van der Waals surface area contributed by atoms with Gasteiger partial charge in [0.15, 0.2) is 0 Å². The highest BCUT2D eigenvalue weighted by Crippen LogP contribution is 2.22. The fraction of sp³-hybridized carbons (Fsp3) is 0.231. The second-order valence-electron chi connectivity index (χ2n) is 3.79. The van der Waals surface area contributed by atoms with Crippen LogP contribution in [-0.2, 0) is 4.79 Å². The van der Waals surface area contributed by atoms with Gasteiger partial charge in [-0.25, -0.2) is 0 Å². The fourth-order valence-electron chi connectivity index (χ4n) is 1.69. The van der Waals surface area contributed by atoms with Crippen LogP contribution in [0, 0.1) is 0 Å². The molecule has 76 valence electrons. The highest BCUT2D eigenvalue weighted by molar-refractivity contribution is 5.82. The van der Waals surface area contributed by atoms with E-state index in [-0.39, 0.29) is 5.92 Å². The number of pyridine rings is 1. The first kappa shape index (κ1) is 9.84. The lowest BCUT2D eigenvalue weighted by molar-refractivity contribution is -0.108. The predicted molar refractivity (Wildman–Crippen MR) is 60.8 cm³/mol. The quantitative estimate of drug-likeness (QED) is 0.711. The third-order valence-electron chi connectivity index (χ3n) is 2.68. The molecule has 0 aliphatic heterocycles. The summed E-state index contributed by atoms with van der Waals surface area (Å²) >= 11 is 0. The van der Waals surface area contributed by atoms with Crippen molar-refractivity contribution in [1.29, 1.82) is 0 Å². The molecule has 0 N–H and O–H groups in total. The van der Waals surface area contributed by atoms with E-state index in [0.717, 1.165) is 11.7 Å². The molecule has 1 unspecified atom stereocenters. The zero-order valence-electron chi connectivity index (χ0n) is 8.68. The van der Waals surface area contributed by atoms with E-state index >= 15 is 0 Å². The van der Waals surface area contributed by atoms with E-state index in [2.05, 4.69) is 30.1 Å². The molecular formula is C13H13NO. The molecule has 0 fully saturated rings. The van der Waals surface area contributed by atoms with Crippen LogP contribution in [0.5, 0.6) is 0 Å². The van der Waals surface area contributed by atoms with Crippen LogP contribution in [0.3, 0.4) is 0 Å². The maximum absolute atomic E-state index is 10.4. The Morgan fingerprint density at radius 1 is 1.33 bits per heavy atom. The van der Waals surface area contributed by atoms with Gasteiger partial charge >= 0.3 is 0 Å². The van der Waals surface area contributed by atoms with Gasteiger partial charge in [-0.15, -0.1) is 0 Å². The van der Waals surface area contributed by atoms with Gasteiger partial charge in [0.25, 0.3) is 0 Å². The summed E-state index contributed by atoms with van der Waals surface area (Å²) in [5.41, 5.74) is 1.20. The molecule has 2 heteroatoms. The summed E-state index contributed by atoms with van der Waals surface area (Å²) in [5.74, 6) is 0.284. The highest BCUT2D eigenvalue weighted by atomic mass is 16.1. The molecule has 0 spiro atoms. The molecule has 0 aliphatic rings. The van der Waals surface area contributed by atoms with Gasteiger partial charge in [-0.1, -0.05) is 19.1 Å². The normalized spacial score (nSPS) is 12.6. The van der Waals surface area contributed by atoms with Crippen molar-refractivity contribution in [3.05, 3.63) is 42.2 Å². The van der Waals surface area contributed by atoms with Gasteiger partial charge in [-0.05, 0) is 29.0 Å². The zero-order valence-corrected chi connectivity index (χ0v) is 8.68. The minimum atomic E-state index is 0.284. The molecule has 0 radical (unpaired) electrons. The number of nitrogens with zero attached hydrogens (tertiary/aromatic N) is 1. The summed E-state index contributed by atoms with van der Waals surface area (Å²) in [5, 5.41) is 2.32. The Hall–Kier alpha value is -1.70. The van der Waals surface area contributed by atoms with Crippen LogP contribution in [0.1, 0.15) is 24.8 Å². The molecule has 0 amide bonds. The third-order valence-corrected chi connectivity index (χ3v) is 2.68. The standard InChI is InChI=1S/C13H13NO/c1-10(5-7-15)12-3-2-11-4-6-14-9-13(11)8-12/h2-4,6-10H,5H2,1H3. The van der Waals surface area contributed by atoms with Crippen molar-refractivity contribution in [1.82, 2.24) is 4.98 Å². The Bertz CT molecular complexity index is 479. The lowest BCUT2D eigenvalue weighted by Gasteiger charge is -2.08. The number of hydrogen-bond acceptors (Lipinski definition) is 2. The van der Waals surface area contributed by atoms with Crippen molar-refractivity contribution in [3.63, 3.8) is 0 Å².